The van der Waals surface area contributed by atoms with Gasteiger partial charge < -0.3 is 14.2 Å². The summed E-state index contributed by atoms with van der Waals surface area (Å²) in [6, 6.07) is 0. The fourth-order valence-corrected chi connectivity index (χ4v) is 2.48. The van der Waals surface area contributed by atoms with Crippen LogP contribution in [0.2, 0.25) is 0 Å². The Morgan fingerprint density at radius 1 is 1.44 bits per heavy atom. The van der Waals surface area contributed by atoms with Gasteiger partial charge in [-0.25, -0.2) is 0 Å². The Labute approximate surface area is 94.0 Å². The summed E-state index contributed by atoms with van der Waals surface area (Å²) in [4.78, 5) is 22.7. The predicted octanol–water partition coefficient (Wildman–Crippen LogP) is 0.662. The molecule has 2 saturated heterocycles. The zero-order chi connectivity index (χ0) is 11.6. The van der Waals surface area contributed by atoms with Crippen LogP contribution in [0.25, 0.3) is 0 Å². The van der Waals surface area contributed by atoms with E-state index in [1.54, 1.807) is 7.11 Å². The van der Waals surface area contributed by atoms with Gasteiger partial charge in [-0.05, 0) is 19.3 Å². The standard InChI is InChI=1S/C11H16O5/c1-14-7-11(4-2-3-5-15-11)8-6-9(12)16-10(8)13/h8H,2-7H2,1H3. The largest absolute Gasteiger partial charge is 0.393 e. The lowest BCUT2D eigenvalue weighted by Gasteiger charge is -2.39. The van der Waals surface area contributed by atoms with E-state index in [-0.39, 0.29) is 6.42 Å². The van der Waals surface area contributed by atoms with Crippen molar-refractivity contribution in [3.63, 3.8) is 0 Å². The maximum Gasteiger partial charge on any atom is 0.320 e. The molecular weight excluding hydrogens is 212 g/mol. The van der Waals surface area contributed by atoms with Gasteiger partial charge in [-0.2, -0.15) is 0 Å². The third-order valence-corrected chi connectivity index (χ3v) is 3.28. The molecule has 16 heavy (non-hydrogen) atoms. The molecule has 5 nitrogen and oxygen atoms in total. The lowest BCUT2D eigenvalue weighted by atomic mass is 9.81. The van der Waals surface area contributed by atoms with Crippen molar-refractivity contribution in [3.8, 4) is 0 Å². The first-order valence-electron chi connectivity index (χ1n) is 5.55. The fourth-order valence-electron chi connectivity index (χ4n) is 2.48. The van der Waals surface area contributed by atoms with Crippen molar-refractivity contribution in [2.24, 2.45) is 5.92 Å². The molecule has 0 N–H and O–H groups in total. The van der Waals surface area contributed by atoms with Crippen LogP contribution >= 0.6 is 0 Å². The summed E-state index contributed by atoms with van der Waals surface area (Å²) in [5, 5.41) is 0. The molecule has 0 saturated carbocycles. The van der Waals surface area contributed by atoms with E-state index in [0.29, 0.717) is 13.2 Å². The van der Waals surface area contributed by atoms with Crippen molar-refractivity contribution >= 4 is 11.9 Å². The molecule has 0 spiro atoms. The highest BCUT2D eigenvalue weighted by molar-refractivity contribution is 5.95. The van der Waals surface area contributed by atoms with Crippen LogP contribution in [-0.4, -0.2) is 37.9 Å². The van der Waals surface area contributed by atoms with Crippen LogP contribution < -0.4 is 0 Å². The van der Waals surface area contributed by atoms with Crippen molar-refractivity contribution in [1.29, 1.82) is 0 Å². The summed E-state index contributed by atoms with van der Waals surface area (Å²) in [5.41, 5.74) is -0.657. The first-order valence-corrected chi connectivity index (χ1v) is 5.55. The molecule has 0 aromatic heterocycles. The quantitative estimate of drug-likeness (QED) is 0.524. The molecule has 2 fully saturated rings. The summed E-state index contributed by atoms with van der Waals surface area (Å²) in [6.45, 7) is 0.946. The second-order valence-electron chi connectivity index (χ2n) is 4.35. The molecule has 0 aliphatic carbocycles. The highest BCUT2D eigenvalue weighted by Gasteiger charge is 2.51. The monoisotopic (exact) mass is 228 g/mol. The number of esters is 2. The molecule has 0 bridgehead atoms. The van der Waals surface area contributed by atoms with E-state index in [1.807, 2.05) is 0 Å². The van der Waals surface area contributed by atoms with Crippen molar-refractivity contribution in [2.75, 3.05) is 20.3 Å². The Hall–Kier alpha value is -0.940. The second-order valence-corrected chi connectivity index (χ2v) is 4.35. The SMILES string of the molecule is COCC1(C2CC(=O)OC2=O)CCCCO1. The topological polar surface area (TPSA) is 61.8 Å². The van der Waals surface area contributed by atoms with Crippen molar-refractivity contribution in [2.45, 2.75) is 31.3 Å². The Morgan fingerprint density at radius 3 is 2.75 bits per heavy atom. The zero-order valence-electron chi connectivity index (χ0n) is 9.36. The van der Waals surface area contributed by atoms with Gasteiger partial charge in [0.1, 0.15) is 5.60 Å². The molecule has 0 radical (unpaired) electrons. The number of hydrogen-bond donors (Lipinski definition) is 0. The fraction of sp³-hybridized carbons (Fsp3) is 0.818. The summed E-state index contributed by atoms with van der Waals surface area (Å²) in [7, 11) is 1.57. The van der Waals surface area contributed by atoms with Crippen LogP contribution in [0.15, 0.2) is 0 Å². The van der Waals surface area contributed by atoms with Crippen LogP contribution in [0.4, 0.5) is 0 Å². The number of ether oxygens (including phenoxy) is 3. The van der Waals surface area contributed by atoms with Gasteiger partial charge >= 0.3 is 11.9 Å². The number of methoxy groups -OCH3 is 1. The first-order chi connectivity index (χ1) is 7.68. The maximum absolute atomic E-state index is 11.6. The van der Waals surface area contributed by atoms with Crippen LogP contribution in [0.5, 0.6) is 0 Å². The van der Waals surface area contributed by atoms with Crippen molar-refractivity contribution in [3.05, 3.63) is 0 Å². The highest BCUT2D eigenvalue weighted by atomic mass is 16.6. The second kappa shape index (κ2) is 4.51. The Balaban J connectivity index is 2.17. The van der Waals surface area contributed by atoms with Gasteiger partial charge in [0.2, 0.25) is 0 Å². The molecule has 0 amide bonds. The molecule has 2 unspecified atom stereocenters. The Kier molecular flexibility index (Phi) is 3.25. The number of cyclic esters (lactones) is 2. The molecule has 0 aromatic carbocycles. The summed E-state index contributed by atoms with van der Waals surface area (Å²) < 4.78 is 15.5. The van der Waals surface area contributed by atoms with Gasteiger partial charge in [-0.15, -0.1) is 0 Å². The molecule has 5 heteroatoms. The van der Waals surface area contributed by atoms with Crippen molar-refractivity contribution < 1.29 is 23.8 Å². The first kappa shape index (κ1) is 11.5. The highest BCUT2D eigenvalue weighted by Crippen LogP contribution is 2.38. The minimum atomic E-state index is -0.657. The van der Waals surface area contributed by atoms with E-state index in [9.17, 15) is 9.59 Å². The van der Waals surface area contributed by atoms with E-state index >= 15 is 0 Å². The average Bonchev–Trinajstić information content (AvgIpc) is 2.60. The normalized spacial score (nSPS) is 35.2. The lowest BCUT2D eigenvalue weighted by molar-refractivity contribution is -0.170. The van der Waals surface area contributed by atoms with Gasteiger partial charge in [0.25, 0.3) is 0 Å². The van der Waals surface area contributed by atoms with Gasteiger partial charge in [0, 0.05) is 13.7 Å². The number of carbonyl (C=O) groups is 2. The molecule has 2 aliphatic heterocycles. The van der Waals surface area contributed by atoms with Crippen LogP contribution in [0.3, 0.4) is 0 Å². The van der Waals surface area contributed by atoms with Gasteiger partial charge in [-0.3, -0.25) is 9.59 Å². The molecule has 0 aromatic rings. The number of rotatable bonds is 3. The van der Waals surface area contributed by atoms with Crippen molar-refractivity contribution in [1.82, 2.24) is 0 Å². The molecule has 90 valence electrons. The van der Waals surface area contributed by atoms with Gasteiger partial charge in [0.15, 0.2) is 0 Å². The molecule has 2 heterocycles. The maximum atomic E-state index is 11.6. The Bertz CT molecular complexity index is 287. The average molecular weight is 228 g/mol. The third-order valence-electron chi connectivity index (χ3n) is 3.28. The van der Waals surface area contributed by atoms with Gasteiger partial charge in [-0.1, -0.05) is 0 Å². The minimum Gasteiger partial charge on any atom is -0.393 e. The molecule has 2 atom stereocenters. The van der Waals surface area contributed by atoms with E-state index in [4.69, 9.17) is 9.47 Å². The molecule has 2 aliphatic rings. The zero-order valence-corrected chi connectivity index (χ0v) is 9.36. The number of carbonyl (C=O) groups excluding carboxylic acids is 2. The summed E-state index contributed by atoms with van der Waals surface area (Å²) in [6.07, 6.45) is 2.83. The predicted molar refractivity (Wildman–Crippen MR) is 53.6 cm³/mol. The molecule has 2 rings (SSSR count). The summed E-state index contributed by atoms with van der Waals surface area (Å²) >= 11 is 0. The smallest absolute Gasteiger partial charge is 0.320 e. The van der Waals surface area contributed by atoms with Gasteiger partial charge in [0.05, 0.1) is 18.9 Å². The van der Waals surface area contributed by atoms with E-state index < -0.39 is 23.5 Å². The van der Waals surface area contributed by atoms with E-state index in [2.05, 4.69) is 4.74 Å². The van der Waals surface area contributed by atoms with Crippen LogP contribution in [0.1, 0.15) is 25.7 Å². The van der Waals surface area contributed by atoms with Crippen LogP contribution in [-0.2, 0) is 23.8 Å². The lowest BCUT2D eigenvalue weighted by Crippen LogP contribution is -2.49. The molecular formula is C11H16O5. The number of hydrogen-bond acceptors (Lipinski definition) is 5. The third kappa shape index (κ3) is 1.97. The van der Waals surface area contributed by atoms with E-state index in [1.165, 1.54) is 0 Å². The van der Waals surface area contributed by atoms with E-state index in [0.717, 1.165) is 19.3 Å². The minimum absolute atomic E-state index is 0.113. The Morgan fingerprint density at radius 2 is 2.25 bits per heavy atom. The summed E-state index contributed by atoms with van der Waals surface area (Å²) in [5.74, 6) is -1.43. The van der Waals surface area contributed by atoms with Crippen LogP contribution in [0, 0.1) is 5.92 Å².